The Morgan fingerprint density at radius 2 is 1.67 bits per heavy atom. The number of fused-ring (bicyclic) bond motifs is 1. The van der Waals surface area contributed by atoms with Crippen molar-refractivity contribution in [3.63, 3.8) is 0 Å². The Morgan fingerprint density at radius 3 is 2.46 bits per heavy atom. The van der Waals surface area contributed by atoms with Crippen molar-refractivity contribution in [3.05, 3.63) is 72.6 Å². The van der Waals surface area contributed by atoms with Crippen LogP contribution >= 0.6 is 0 Å². The van der Waals surface area contributed by atoms with Crippen LogP contribution < -0.4 is 10.7 Å². The smallest absolute Gasteiger partial charge is 0.318 e. The Labute approximate surface area is 138 Å². The van der Waals surface area contributed by atoms with E-state index in [1.54, 1.807) is 12.1 Å². The number of hydrogen-bond donors (Lipinski definition) is 2. The molecule has 2 amide bonds. The number of anilines is 1. The van der Waals surface area contributed by atoms with E-state index in [4.69, 9.17) is 0 Å². The Hall–Kier alpha value is -3.54. The van der Waals surface area contributed by atoms with Gasteiger partial charge in [-0.2, -0.15) is 5.10 Å². The molecule has 3 rings (SSSR count). The molecule has 6 nitrogen and oxygen atoms in total. The van der Waals surface area contributed by atoms with Crippen LogP contribution in [0.4, 0.5) is 5.69 Å². The predicted molar refractivity (Wildman–Crippen MR) is 92.6 cm³/mol. The van der Waals surface area contributed by atoms with Gasteiger partial charge in [0.25, 0.3) is 0 Å². The van der Waals surface area contributed by atoms with E-state index < -0.39 is 11.8 Å². The van der Waals surface area contributed by atoms with Crippen LogP contribution in [0.25, 0.3) is 10.8 Å². The molecule has 0 unspecified atom stereocenters. The minimum atomic E-state index is -0.844. The molecule has 118 valence electrons. The molecule has 0 radical (unpaired) electrons. The number of hydrazone groups is 1. The van der Waals surface area contributed by atoms with Crippen molar-refractivity contribution >= 4 is 34.5 Å². The Bertz CT molecular complexity index is 907. The summed E-state index contributed by atoms with van der Waals surface area (Å²) in [6.45, 7) is 0. The van der Waals surface area contributed by atoms with Gasteiger partial charge in [0.15, 0.2) is 0 Å². The summed E-state index contributed by atoms with van der Waals surface area (Å²) in [4.78, 5) is 27.2. The fraction of sp³-hybridized carbons (Fsp3) is 0. The van der Waals surface area contributed by atoms with Crippen LogP contribution in [0.1, 0.15) is 5.56 Å². The number of hydrogen-bond acceptors (Lipinski definition) is 4. The van der Waals surface area contributed by atoms with Gasteiger partial charge in [-0.05, 0) is 34.5 Å². The fourth-order valence-corrected chi connectivity index (χ4v) is 2.13. The Balaban J connectivity index is 1.60. The van der Waals surface area contributed by atoms with Gasteiger partial charge in [0, 0.05) is 18.1 Å². The van der Waals surface area contributed by atoms with Gasteiger partial charge in [-0.3, -0.25) is 14.6 Å². The van der Waals surface area contributed by atoms with Crippen LogP contribution in [0.2, 0.25) is 0 Å². The fourth-order valence-electron chi connectivity index (χ4n) is 2.13. The first-order valence-electron chi connectivity index (χ1n) is 7.25. The first-order chi connectivity index (χ1) is 11.7. The molecule has 0 aliphatic carbocycles. The highest BCUT2D eigenvalue weighted by molar-refractivity contribution is 6.39. The number of carbonyl (C=O) groups excluding carboxylic acids is 2. The van der Waals surface area contributed by atoms with Gasteiger partial charge in [-0.1, -0.05) is 36.4 Å². The van der Waals surface area contributed by atoms with E-state index in [1.165, 1.54) is 18.6 Å². The lowest BCUT2D eigenvalue weighted by Gasteiger charge is -2.03. The lowest BCUT2D eigenvalue weighted by Crippen LogP contribution is -2.32. The van der Waals surface area contributed by atoms with E-state index >= 15 is 0 Å². The first kappa shape index (κ1) is 15.4. The summed E-state index contributed by atoms with van der Waals surface area (Å²) in [5.74, 6) is -1.64. The van der Waals surface area contributed by atoms with Crippen molar-refractivity contribution in [1.29, 1.82) is 0 Å². The van der Waals surface area contributed by atoms with Crippen LogP contribution in [0.5, 0.6) is 0 Å². The Morgan fingerprint density at radius 1 is 0.917 bits per heavy atom. The van der Waals surface area contributed by atoms with E-state index in [0.29, 0.717) is 5.69 Å². The largest absolute Gasteiger partial charge is 0.329 e. The van der Waals surface area contributed by atoms with Gasteiger partial charge in [0.05, 0.1) is 6.21 Å². The minimum Gasteiger partial charge on any atom is -0.318 e. The zero-order chi connectivity index (χ0) is 16.8. The molecule has 1 aromatic heterocycles. The maximum atomic E-state index is 11.7. The molecular weight excluding hydrogens is 304 g/mol. The van der Waals surface area contributed by atoms with Crippen molar-refractivity contribution in [1.82, 2.24) is 10.4 Å². The number of amides is 2. The first-order valence-corrected chi connectivity index (χ1v) is 7.25. The molecule has 0 aliphatic rings. The average Bonchev–Trinajstić information content (AvgIpc) is 2.62. The number of rotatable bonds is 3. The van der Waals surface area contributed by atoms with Gasteiger partial charge < -0.3 is 5.32 Å². The third-order valence-electron chi connectivity index (χ3n) is 3.30. The van der Waals surface area contributed by atoms with Crippen molar-refractivity contribution < 1.29 is 9.59 Å². The van der Waals surface area contributed by atoms with Gasteiger partial charge >= 0.3 is 11.8 Å². The van der Waals surface area contributed by atoms with E-state index in [2.05, 4.69) is 20.8 Å². The number of benzene rings is 2. The van der Waals surface area contributed by atoms with E-state index in [1.807, 2.05) is 42.5 Å². The van der Waals surface area contributed by atoms with Crippen LogP contribution in [0.15, 0.2) is 72.1 Å². The highest BCUT2D eigenvalue weighted by Gasteiger charge is 2.12. The van der Waals surface area contributed by atoms with Gasteiger partial charge in [0.1, 0.15) is 0 Å². The van der Waals surface area contributed by atoms with Gasteiger partial charge in [-0.25, -0.2) is 5.43 Å². The summed E-state index contributed by atoms with van der Waals surface area (Å²) < 4.78 is 0. The monoisotopic (exact) mass is 318 g/mol. The molecule has 0 saturated heterocycles. The maximum absolute atomic E-state index is 11.7. The second-order valence-corrected chi connectivity index (χ2v) is 5.00. The second kappa shape index (κ2) is 7.15. The van der Waals surface area contributed by atoms with E-state index in [0.717, 1.165) is 16.3 Å². The minimum absolute atomic E-state index is 0.489. The molecule has 0 aliphatic heterocycles. The normalized spacial score (nSPS) is 10.7. The number of nitrogens with one attached hydrogen (secondary N) is 2. The number of pyridine rings is 1. The molecule has 0 spiro atoms. The van der Waals surface area contributed by atoms with Gasteiger partial charge in [-0.15, -0.1) is 0 Å². The van der Waals surface area contributed by atoms with Crippen LogP contribution in [0.3, 0.4) is 0 Å². The molecular formula is C18H14N4O2. The number of carbonyl (C=O) groups is 2. The third-order valence-corrected chi connectivity index (χ3v) is 3.30. The molecule has 2 N–H and O–H groups in total. The topological polar surface area (TPSA) is 83.5 Å². The van der Waals surface area contributed by atoms with E-state index in [-0.39, 0.29) is 0 Å². The average molecular weight is 318 g/mol. The van der Waals surface area contributed by atoms with Crippen molar-refractivity contribution in [2.45, 2.75) is 0 Å². The molecule has 0 bridgehead atoms. The summed E-state index contributed by atoms with van der Waals surface area (Å²) in [6.07, 6.45) is 4.53. The molecule has 24 heavy (non-hydrogen) atoms. The standard InChI is InChI=1S/C18H14N4O2/c23-17(21-16-7-9-19-10-8-16)18(24)22-20-12-13-5-6-14-3-1-2-4-15(14)11-13/h1-12H,(H,22,24)(H,19,21,23)/b20-12+. The summed E-state index contributed by atoms with van der Waals surface area (Å²) in [5.41, 5.74) is 3.51. The van der Waals surface area contributed by atoms with Crippen LogP contribution in [0, 0.1) is 0 Å². The molecule has 0 saturated carbocycles. The third kappa shape index (κ3) is 3.80. The van der Waals surface area contributed by atoms with Crippen LogP contribution in [-0.2, 0) is 9.59 Å². The highest BCUT2D eigenvalue weighted by atomic mass is 16.2. The summed E-state index contributed by atoms with van der Waals surface area (Å²) in [7, 11) is 0. The molecule has 6 heteroatoms. The molecule has 2 aromatic carbocycles. The van der Waals surface area contributed by atoms with Crippen molar-refractivity contribution in [2.75, 3.05) is 5.32 Å². The summed E-state index contributed by atoms with van der Waals surface area (Å²) in [5, 5.41) is 8.46. The summed E-state index contributed by atoms with van der Waals surface area (Å²) >= 11 is 0. The molecule has 0 atom stereocenters. The predicted octanol–water partition coefficient (Wildman–Crippen LogP) is 2.32. The second-order valence-electron chi connectivity index (χ2n) is 5.00. The van der Waals surface area contributed by atoms with Crippen LogP contribution in [-0.4, -0.2) is 23.0 Å². The maximum Gasteiger partial charge on any atom is 0.329 e. The highest BCUT2D eigenvalue weighted by Crippen LogP contribution is 2.14. The molecule has 0 fully saturated rings. The lowest BCUT2D eigenvalue weighted by atomic mass is 10.1. The lowest BCUT2D eigenvalue weighted by molar-refractivity contribution is -0.136. The number of nitrogens with zero attached hydrogens (tertiary/aromatic N) is 2. The SMILES string of the molecule is O=C(N/N=C/c1ccc2ccccc2c1)C(=O)Nc1ccncc1. The van der Waals surface area contributed by atoms with Crippen molar-refractivity contribution in [3.8, 4) is 0 Å². The Kier molecular flexibility index (Phi) is 4.57. The number of aromatic nitrogens is 1. The molecule has 1 heterocycles. The zero-order valence-electron chi connectivity index (χ0n) is 12.6. The van der Waals surface area contributed by atoms with Gasteiger partial charge in [0.2, 0.25) is 0 Å². The summed E-state index contributed by atoms with van der Waals surface area (Å²) in [6, 6.07) is 16.9. The molecule has 3 aromatic rings. The quantitative estimate of drug-likeness (QED) is 0.441. The van der Waals surface area contributed by atoms with E-state index in [9.17, 15) is 9.59 Å². The van der Waals surface area contributed by atoms with Crippen molar-refractivity contribution in [2.24, 2.45) is 5.10 Å². The zero-order valence-corrected chi connectivity index (χ0v) is 12.6.